The molecule has 166 valence electrons. The Labute approximate surface area is 180 Å². The third kappa shape index (κ3) is 7.40. The first-order valence-electron chi connectivity index (χ1n) is 11.3. The topological polar surface area (TPSA) is 70.7 Å². The van der Waals surface area contributed by atoms with Crippen molar-refractivity contribution in [1.82, 2.24) is 10.2 Å². The molecule has 2 amide bonds. The molecular weight excluding hydrogens is 378 g/mol. The van der Waals surface area contributed by atoms with E-state index in [1.807, 2.05) is 32.9 Å². The molecular formula is C24H37N3O3. The van der Waals surface area contributed by atoms with Gasteiger partial charge in [-0.15, -0.1) is 0 Å². The third-order valence-electron chi connectivity index (χ3n) is 5.89. The highest BCUT2D eigenvalue weighted by Gasteiger charge is 2.27. The van der Waals surface area contributed by atoms with Crippen LogP contribution in [0.3, 0.4) is 0 Å². The molecule has 2 saturated heterocycles. The summed E-state index contributed by atoms with van der Waals surface area (Å²) >= 11 is 0. The van der Waals surface area contributed by atoms with Gasteiger partial charge in [0.1, 0.15) is 0 Å². The van der Waals surface area contributed by atoms with E-state index in [4.69, 9.17) is 4.74 Å². The monoisotopic (exact) mass is 415 g/mol. The number of carbonyl (C=O) groups excluding carboxylic acids is 2. The number of likely N-dealkylation sites (tertiary alicyclic amines) is 1. The number of nitrogens with one attached hydrogen (secondary N) is 2. The Morgan fingerprint density at radius 2 is 1.80 bits per heavy atom. The molecule has 30 heavy (non-hydrogen) atoms. The molecule has 2 N–H and O–H groups in total. The van der Waals surface area contributed by atoms with Crippen LogP contribution in [0.25, 0.3) is 0 Å². The van der Waals surface area contributed by atoms with Crippen LogP contribution in [0.2, 0.25) is 0 Å². The van der Waals surface area contributed by atoms with Crippen molar-refractivity contribution in [2.45, 2.75) is 65.0 Å². The fourth-order valence-electron chi connectivity index (χ4n) is 4.26. The molecule has 0 spiro atoms. The van der Waals surface area contributed by atoms with E-state index in [0.717, 1.165) is 64.2 Å². The summed E-state index contributed by atoms with van der Waals surface area (Å²) in [6.45, 7) is 10.3. The number of benzene rings is 1. The minimum atomic E-state index is -0.177. The van der Waals surface area contributed by atoms with Crippen LogP contribution in [0.5, 0.6) is 0 Å². The van der Waals surface area contributed by atoms with Gasteiger partial charge in [0.2, 0.25) is 11.8 Å². The number of rotatable bonds is 6. The lowest BCUT2D eigenvalue weighted by Crippen LogP contribution is -2.46. The van der Waals surface area contributed by atoms with Crippen LogP contribution in [0.15, 0.2) is 24.3 Å². The molecule has 0 saturated carbocycles. The van der Waals surface area contributed by atoms with Gasteiger partial charge in [0, 0.05) is 43.3 Å². The summed E-state index contributed by atoms with van der Waals surface area (Å²) in [5, 5.41) is 6.16. The average Bonchev–Trinajstić information content (AvgIpc) is 2.68. The number of amides is 2. The summed E-state index contributed by atoms with van der Waals surface area (Å²) in [6.07, 6.45) is 4.29. The smallest absolute Gasteiger partial charge is 0.224 e. The normalized spacial score (nSPS) is 19.4. The number of ether oxygens (including phenoxy) is 1. The third-order valence-corrected chi connectivity index (χ3v) is 5.89. The van der Waals surface area contributed by atoms with Crippen molar-refractivity contribution in [2.24, 2.45) is 11.8 Å². The molecule has 0 aliphatic carbocycles. The van der Waals surface area contributed by atoms with E-state index in [2.05, 4.69) is 27.7 Å². The molecule has 0 atom stereocenters. The summed E-state index contributed by atoms with van der Waals surface area (Å²) < 4.78 is 5.37. The summed E-state index contributed by atoms with van der Waals surface area (Å²) in [5.41, 5.74) is 1.88. The molecule has 2 aliphatic heterocycles. The maximum absolute atomic E-state index is 12.4. The first-order chi connectivity index (χ1) is 14.3. The zero-order valence-corrected chi connectivity index (χ0v) is 18.7. The fourth-order valence-corrected chi connectivity index (χ4v) is 4.26. The van der Waals surface area contributed by atoms with Gasteiger partial charge in [0.05, 0.1) is 0 Å². The van der Waals surface area contributed by atoms with Gasteiger partial charge in [0.15, 0.2) is 0 Å². The lowest BCUT2D eigenvalue weighted by Gasteiger charge is -2.33. The van der Waals surface area contributed by atoms with Gasteiger partial charge in [-0.05, 0) is 83.2 Å². The van der Waals surface area contributed by atoms with Gasteiger partial charge in [-0.25, -0.2) is 0 Å². The maximum atomic E-state index is 12.4. The molecule has 1 aromatic carbocycles. The molecule has 0 bridgehead atoms. The van der Waals surface area contributed by atoms with Crippen LogP contribution < -0.4 is 10.6 Å². The van der Waals surface area contributed by atoms with E-state index in [0.29, 0.717) is 12.3 Å². The second kappa shape index (κ2) is 10.4. The lowest BCUT2D eigenvalue weighted by atomic mass is 9.94. The number of nitrogens with zero attached hydrogens (tertiary/aromatic N) is 1. The fraction of sp³-hybridized carbons (Fsp3) is 0.667. The summed E-state index contributed by atoms with van der Waals surface area (Å²) in [7, 11) is 0. The van der Waals surface area contributed by atoms with E-state index in [1.165, 1.54) is 5.56 Å². The number of carbonyl (C=O) groups is 2. The zero-order chi connectivity index (χ0) is 21.6. The van der Waals surface area contributed by atoms with E-state index in [9.17, 15) is 9.59 Å². The quantitative estimate of drug-likeness (QED) is 0.745. The van der Waals surface area contributed by atoms with Crippen molar-refractivity contribution in [3.05, 3.63) is 29.8 Å². The number of anilines is 1. The van der Waals surface area contributed by atoms with Crippen LogP contribution in [0.1, 0.15) is 58.4 Å². The molecule has 1 aromatic rings. The lowest BCUT2D eigenvalue weighted by molar-refractivity contribution is -0.128. The minimum Gasteiger partial charge on any atom is -0.381 e. The van der Waals surface area contributed by atoms with Crippen molar-refractivity contribution in [1.29, 1.82) is 0 Å². The standard InChI is InChI=1S/C24H37N3O3/c1-24(2,3)26-23(29)20-7-11-27(12-8-20)17-19-5-4-6-21(15-19)25-22(28)16-18-9-13-30-14-10-18/h4-6,15,18,20H,7-14,16-17H2,1-3H3,(H,25,28)(H,26,29). The molecule has 6 nitrogen and oxygen atoms in total. The molecule has 6 heteroatoms. The Bertz CT molecular complexity index is 715. The molecule has 2 aliphatic rings. The van der Waals surface area contributed by atoms with Crippen LogP contribution in [0, 0.1) is 11.8 Å². The summed E-state index contributed by atoms with van der Waals surface area (Å²) in [5.74, 6) is 0.802. The largest absolute Gasteiger partial charge is 0.381 e. The van der Waals surface area contributed by atoms with E-state index < -0.39 is 0 Å². The Kier molecular flexibility index (Phi) is 7.89. The second-order valence-electron chi connectivity index (χ2n) is 9.80. The number of piperidine rings is 1. The molecule has 0 aromatic heterocycles. The highest BCUT2D eigenvalue weighted by atomic mass is 16.5. The Morgan fingerprint density at radius 1 is 1.10 bits per heavy atom. The van der Waals surface area contributed by atoms with Crippen molar-refractivity contribution >= 4 is 17.5 Å². The summed E-state index contributed by atoms with van der Waals surface area (Å²) in [6, 6.07) is 8.13. The van der Waals surface area contributed by atoms with Gasteiger partial charge in [0.25, 0.3) is 0 Å². The van der Waals surface area contributed by atoms with Crippen molar-refractivity contribution < 1.29 is 14.3 Å². The maximum Gasteiger partial charge on any atom is 0.224 e. The predicted octanol–water partition coefficient (Wildman–Crippen LogP) is 3.57. The number of hydrogen-bond acceptors (Lipinski definition) is 4. The van der Waals surface area contributed by atoms with E-state index >= 15 is 0 Å². The first kappa shape index (κ1) is 22.8. The molecule has 2 fully saturated rings. The molecule has 0 radical (unpaired) electrons. The highest BCUT2D eigenvalue weighted by Crippen LogP contribution is 2.22. The van der Waals surface area contributed by atoms with Gasteiger partial charge in [-0.2, -0.15) is 0 Å². The van der Waals surface area contributed by atoms with Gasteiger partial charge >= 0.3 is 0 Å². The van der Waals surface area contributed by atoms with Crippen molar-refractivity contribution in [2.75, 3.05) is 31.6 Å². The Balaban J connectivity index is 1.45. The second-order valence-corrected chi connectivity index (χ2v) is 9.80. The van der Waals surface area contributed by atoms with Gasteiger partial charge in [-0.3, -0.25) is 14.5 Å². The Morgan fingerprint density at radius 3 is 2.47 bits per heavy atom. The predicted molar refractivity (Wildman–Crippen MR) is 119 cm³/mol. The van der Waals surface area contributed by atoms with Crippen LogP contribution in [0.4, 0.5) is 5.69 Å². The first-order valence-corrected chi connectivity index (χ1v) is 11.3. The van der Waals surface area contributed by atoms with Crippen LogP contribution >= 0.6 is 0 Å². The zero-order valence-electron chi connectivity index (χ0n) is 18.7. The average molecular weight is 416 g/mol. The SMILES string of the molecule is CC(C)(C)NC(=O)C1CCN(Cc2cccc(NC(=O)CC3CCOCC3)c2)CC1. The molecule has 0 unspecified atom stereocenters. The van der Waals surface area contributed by atoms with Gasteiger partial charge < -0.3 is 15.4 Å². The van der Waals surface area contributed by atoms with Crippen LogP contribution in [-0.2, 0) is 20.9 Å². The van der Waals surface area contributed by atoms with E-state index in [-0.39, 0.29) is 23.3 Å². The molecule has 3 rings (SSSR count). The minimum absolute atomic E-state index is 0.0877. The molecule has 2 heterocycles. The van der Waals surface area contributed by atoms with Crippen molar-refractivity contribution in [3.8, 4) is 0 Å². The van der Waals surface area contributed by atoms with E-state index in [1.54, 1.807) is 0 Å². The number of hydrogen-bond donors (Lipinski definition) is 2. The highest BCUT2D eigenvalue weighted by molar-refractivity contribution is 5.90. The van der Waals surface area contributed by atoms with Gasteiger partial charge in [-0.1, -0.05) is 12.1 Å². The Hall–Kier alpha value is -1.92. The van der Waals surface area contributed by atoms with Crippen LogP contribution in [-0.4, -0.2) is 48.6 Å². The van der Waals surface area contributed by atoms with Crippen molar-refractivity contribution in [3.63, 3.8) is 0 Å². The summed E-state index contributed by atoms with van der Waals surface area (Å²) in [4.78, 5) is 27.2.